The molecule has 1 fully saturated rings. The fraction of sp³-hybridized carbons (Fsp3) is 0.400. The van der Waals surface area contributed by atoms with Crippen LogP contribution in [0.15, 0.2) is 24.3 Å². The molecule has 2 aromatic rings. The number of nitrogens with zero attached hydrogens (tertiary/aromatic N) is 3. The lowest BCUT2D eigenvalue weighted by Gasteiger charge is -2.34. The molecule has 0 saturated carbocycles. The second-order valence-corrected chi connectivity index (χ2v) is 5.27. The lowest BCUT2D eigenvalue weighted by molar-refractivity contribution is 0.0595. The fourth-order valence-corrected chi connectivity index (χ4v) is 2.74. The van der Waals surface area contributed by atoms with Crippen LogP contribution in [0, 0.1) is 12.7 Å². The number of aryl methyl sites for hydroxylation is 1. The molecule has 1 atom stereocenters. The van der Waals surface area contributed by atoms with E-state index in [1.165, 1.54) is 12.1 Å². The van der Waals surface area contributed by atoms with E-state index in [9.17, 15) is 9.18 Å². The molecule has 1 N–H and O–H groups in total. The number of hydrogen-bond donors (Lipinski definition) is 1. The summed E-state index contributed by atoms with van der Waals surface area (Å²) in [6.07, 6.45) is 2.73. The standard InChI is InChI=1S/C15H17FN4O/c1-10-17-14(19-18-10)13-8-4-5-9-20(13)15(21)11-6-2-3-7-12(11)16/h2-3,6-7,13H,4-5,8-9H2,1H3,(H,17,18,19). The van der Waals surface area contributed by atoms with Crippen molar-refractivity contribution in [3.05, 3.63) is 47.3 Å². The number of halogens is 1. The first-order chi connectivity index (χ1) is 10.2. The maximum absolute atomic E-state index is 13.8. The summed E-state index contributed by atoms with van der Waals surface area (Å²) >= 11 is 0. The molecule has 6 heteroatoms. The van der Waals surface area contributed by atoms with Crippen LogP contribution in [-0.4, -0.2) is 32.5 Å². The molecule has 0 bridgehead atoms. The smallest absolute Gasteiger partial charge is 0.257 e. The van der Waals surface area contributed by atoms with Gasteiger partial charge in [0.15, 0.2) is 5.82 Å². The SMILES string of the molecule is Cc1nc(C2CCCCN2C(=O)c2ccccc2F)n[nH]1. The maximum atomic E-state index is 13.8. The molecule has 3 rings (SSSR count). The molecule has 0 aliphatic carbocycles. The maximum Gasteiger partial charge on any atom is 0.257 e. The number of benzene rings is 1. The van der Waals surface area contributed by atoms with E-state index in [0.29, 0.717) is 18.2 Å². The summed E-state index contributed by atoms with van der Waals surface area (Å²) in [6.45, 7) is 2.42. The monoisotopic (exact) mass is 288 g/mol. The molecule has 2 heterocycles. The fourth-order valence-electron chi connectivity index (χ4n) is 2.74. The zero-order valence-electron chi connectivity index (χ0n) is 11.8. The van der Waals surface area contributed by atoms with E-state index in [4.69, 9.17) is 0 Å². The Balaban J connectivity index is 1.91. The average molecular weight is 288 g/mol. The molecule has 1 unspecified atom stereocenters. The molecule has 21 heavy (non-hydrogen) atoms. The minimum Gasteiger partial charge on any atom is -0.328 e. The van der Waals surface area contributed by atoms with Crippen molar-refractivity contribution in [1.82, 2.24) is 20.1 Å². The number of likely N-dealkylation sites (tertiary alicyclic amines) is 1. The van der Waals surface area contributed by atoms with Gasteiger partial charge < -0.3 is 4.90 Å². The van der Waals surface area contributed by atoms with Crippen LogP contribution in [0.1, 0.15) is 47.3 Å². The molecular weight excluding hydrogens is 271 g/mol. The van der Waals surface area contributed by atoms with E-state index in [0.717, 1.165) is 19.3 Å². The second kappa shape index (κ2) is 5.63. The Kier molecular flexibility index (Phi) is 3.68. The Morgan fingerprint density at radius 3 is 2.90 bits per heavy atom. The van der Waals surface area contributed by atoms with Crippen LogP contribution in [0.2, 0.25) is 0 Å². The minimum absolute atomic E-state index is 0.108. The first-order valence-electron chi connectivity index (χ1n) is 7.11. The number of amides is 1. The molecule has 1 aromatic carbocycles. The van der Waals surface area contributed by atoms with Gasteiger partial charge in [-0.05, 0) is 38.3 Å². The third-order valence-electron chi connectivity index (χ3n) is 3.78. The number of hydrogen-bond acceptors (Lipinski definition) is 3. The normalized spacial score (nSPS) is 18.8. The molecule has 1 aliphatic rings. The van der Waals surface area contributed by atoms with Gasteiger partial charge in [-0.1, -0.05) is 12.1 Å². The third kappa shape index (κ3) is 2.66. The lowest BCUT2D eigenvalue weighted by atomic mass is 10.00. The van der Waals surface area contributed by atoms with Gasteiger partial charge in [-0.25, -0.2) is 9.37 Å². The Bertz CT molecular complexity index is 655. The molecule has 110 valence electrons. The van der Waals surface area contributed by atoms with Gasteiger partial charge in [0, 0.05) is 6.54 Å². The van der Waals surface area contributed by atoms with E-state index in [1.54, 1.807) is 17.0 Å². The van der Waals surface area contributed by atoms with Crippen molar-refractivity contribution < 1.29 is 9.18 Å². The largest absolute Gasteiger partial charge is 0.328 e. The molecule has 1 aromatic heterocycles. The number of aromatic nitrogens is 3. The minimum atomic E-state index is -0.488. The van der Waals surface area contributed by atoms with Crippen molar-refractivity contribution in [2.75, 3.05) is 6.54 Å². The Morgan fingerprint density at radius 2 is 2.19 bits per heavy atom. The van der Waals surface area contributed by atoms with Gasteiger partial charge in [-0.3, -0.25) is 9.89 Å². The van der Waals surface area contributed by atoms with Gasteiger partial charge in [0.25, 0.3) is 5.91 Å². The number of nitrogens with one attached hydrogen (secondary N) is 1. The molecular formula is C15H17FN4O. The van der Waals surface area contributed by atoms with Crippen molar-refractivity contribution in [1.29, 1.82) is 0 Å². The number of carbonyl (C=O) groups is 1. The van der Waals surface area contributed by atoms with Gasteiger partial charge in [0.2, 0.25) is 0 Å². The predicted molar refractivity (Wildman–Crippen MR) is 75.1 cm³/mol. The van der Waals surface area contributed by atoms with E-state index in [2.05, 4.69) is 15.2 Å². The van der Waals surface area contributed by atoms with Crippen LogP contribution in [0.3, 0.4) is 0 Å². The summed E-state index contributed by atoms with van der Waals surface area (Å²) in [5, 5.41) is 6.97. The van der Waals surface area contributed by atoms with E-state index in [1.807, 2.05) is 6.92 Å². The highest BCUT2D eigenvalue weighted by molar-refractivity contribution is 5.94. The topological polar surface area (TPSA) is 61.9 Å². The van der Waals surface area contributed by atoms with E-state index in [-0.39, 0.29) is 17.5 Å². The van der Waals surface area contributed by atoms with E-state index < -0.39 is 5.82 Å². The van der Waals surface area contributed by atoms with Crippen molar-refractivity contribution in [2.45, 2.75) is 32.2 Å². The quantitative estimate of drug-likeness (QED) is 0.924. The van der Waals surface area contributed by atoms with Gasteiger partial charge >= 0.3 is 0 Å². The second-order valence-electron chi connectivity index (χ2n) is 5.27. The number of piperidine rings is 1. The van der Waals surface area contributed by atoms with Crippen LogP contribution in [0.4, 0.5) is 4.39 Å². The highest BCUT2D eigenvalue weighted by Crippen LogP contribution is 2.30. The first-order valence-corrected chi connectivity index (χ1v) is 7.11. The molecule has 0 radical (unpaired) electrons. The highest BCUT2D eigenvalue weighted by Gasteiger charge is 2.32. The molecule has 0 spiro atoms. The van der Waals surface area contributed by atoms with Crippen molar-refractivity contribution in [3.63, 3.8) is 0 Å². The van der Waals surface area contributed by atoms with Crippen LogP contribution in [0.25, 0.3) is 0 Å². The lowest BCUT2D eigenvalue weighted by Crippen LogP contribution is -2.39. The number of carbonyl (C=O) groups excluding carboxylic acids is 1. The summed E-state index contributed by atoms with van der Waals surface area (Å²) in [6, 6.07) is 5.90. The number of H-pyrrole nitrogens is 1. The summed E-state index contributed by atoms with van der Waals surface area (Å²) < 4.78 is 13.8. The number of aromatic amines is 1. The van der Waals surface area contributed by atoms with Gasteiger partial charge in [0.1, 0.15) is 11.6 Å². The summed E-state index contributed by atoms with van der Waals surface area (Å²) in [4.78, 5) is 18.6. The van der Waals surface area contributed by atoms with Crippen LogP contribution >= 0.6 is 0 Å². The van der Waals surface area contributed by atoms with Crippen molar-refractivity contribution >= 4 is 5.91 Å². The Labute approximate surface area is 122 Å². The zero-order valence-corrected chi connectivity index (χ0v) is 11.8. The van der Waals surface area contributed by atoms with Crippen LogP contribution in [-0.2, 0) is 0 Å². The molecule has 1 saturated heterocycles. The third-order valence-corrected chi connectivity index (χ3v) is 3.78. The molecule has 1 amide bonds. The highest BCUT2D eigenvalue weighted by atomic mass is 19.1. The van der Waals surface area contributed by atoms with Gasteiger partial charge in [-0.15, -0.1) is 0 Å². The Morgan fingerprint density at radius 1 is 1.38 bits per heavy atom. The van der Waals surface area contributed by atoms with Gasteiger partial charge in [-0.2, -0.15) is 5.10 Å². The first kappa shape index (κ1) is 13.7. The van der Waals surface area contributed by atoms with Crippen LogP contribution < -0.4 is 0 Å². The predicted octanol–water partition coefficient (Wildman–Crippen LogP) is 2.62. The zero-order chi connectivity index (χ0) is 14.8. The van der Waals surface area contributed by atoms with Crippen molar-refractivity contribution in [3.8, 4) is 0 Å². The van der Waals surface area contributed by atoms with E-state index >= 15 is 0 Å². The molecule has 1 aliphatic heterocycles. The van der Waals surface area contributed by atoms with Crippen molar-refractivity contribution in [2.24, 2.45) is 0 Å². The molecule has 5 nitrogen and oxygen atoms in total. The summed E-state index contributed by atoms with van der Waals surface area (Å²) in [5.41, 5.74) is 0.108. The van der Waals surface area contributed by atoms with Crippen LogP contribution in [0.5, 0.6) is 0 Å². The summed E-state index contributed by atoms with van der Waals surface area (Å²) in [5.74, 6) is 0.545. The average Bonchev–Trinajstić information content (AvgIpc) is 2.93. The summed E-state index contributed by atoms with van der Waals surface area (Å²) in [7, 11) is 0. The van der Waals surface area contributed by atoms with Gasteiger partial charge in [0.05, 0.1) is 11.6 Å². The Hall–Kier alpha value is -2.24. The number of rotatable bonds is 2.